The van der Waals surface area contributed by atoms with E-state index in [1.165, 1.54) is 0 Å². The molecular formula is C27H28Cl3F3N2O3. The van der Waals surface area contributed by atoms with E-state index in [-0.39, 0.29) is 12.6 Å². The quantitative estimate of drug-likeness (QED) is 0.166. The number of hydrogen-bond acceptors (Lipinski definition) is 4. The Bertz CT molecular complexity index is 1200. The molecular weight excluding hydrogens is 564 g/mol. The van der Waals surface area contributed by atoms with Crippen LogP contribution in [0.2, 0.25) is 0 Å². The number of amides is 1. The van der Waals surface area contributed by atoms with Crippen LogP contribution in [0.5, 0.6) is 5.75 Å². The molecule has 2 unspecified atom stereocenters. The van der Waals surface area contributed by atoms with Crippen molar-refractivity contribution < 1.29 is 27.4 Å². The molecule has 0 aromatic heterocycles. The van der Waals surface area contributed by atoms with Crippen molar-refractivity contribution in [3.63, 3.8) is 0 Å². The molecule has 4 rings (SSSR count). The molecule has 0 radical (unpaired) electrons. The Morgan fingerprint density at radius 2 is 1.79 bits per heavy atom. The van der Waals surface area contributed by atoms with Gasteiger partial charge < -0.3 is 14.8 Å². The van der Waals surface area contributed by atoms with E-state index in [0.717, 1.165) is 17.2 Å². The Morgan fingerprint density at radius 3 is 2.47 bits per heavy atom. The highest BCUT2D eigenvalue weighted by Gasteiger charge is 2.52. The van der Waals surface area contributed by atoms with Crippen LogP contribution >= 0.6 is 34.8 Å². The second-order valence-corrected chi connectivity index (χ2v) is 12.2. The van der Waals surface area contributed by atoms with Crippen LogP contribution in [0.15, 0.2) is 48.6 Å². The van der Waals surface area contributed by atoms with E-state index < -0.39 is 44.2 Å². The van der Waals surface area contributed by atoms with Gasteiger partial charge in [-0.05, 0) is 56.4 Å². The molecule has 2 aliphatic heterocycles. The number of ether oxygens (including phenoxy) is 2. The van der Waals surface area contributed by atoms with Crippen LogP contribution in [0.1, 0.15) is 37.8 Å². The smallest absolute Gasteiger partial charge is 0.411 e. The predicted molar refractivity (Wildman–Crippen MR) is 141 cm³/mol. The van der Waals surface area contributed by atoms with Crippen molar-refractivity contribution in [1.29, 1.82) is 0 Å². The molecule has 2 aromatic rings. The Labute approximate surface area is 234 Å². The van der Waals surface area contributed by atoms with Crippen molar-refractivity contribution in [3.05, 3.63) is 77.1 Å². The topological polar surface area (TPSA) is 50.8 Å². The number of aryl methyl sites for hydroxylation is 1. The fourth-order valence-corrected chi connectivity index (χ4v) is 4.85. The average Bonchev–Trinajstić information content (AvgIpc) is 2.84. The molecule has 1 fully saturated rings. The second kappa shape index (κ2) is 11.2. The van der Waals surface area contributed by atoms with Gasteiger partial charge in [-0.2, -0.15) is 4.39 Å². The van der Waals surface area contributed by atoms with Crippen molar-refractivity contribution in [1.82, 2.24) is 10.2 Å². The summed E-state index contributed by atoms with van der Waals surface area (Å²) in [5.74, 6) is -4.17. The molecule has 1 saturated heterocycles. The molecule has 0 saturated carbocycles. The summed E-state index contributed by atoms with van der Waals surface area (Å²) in [6, 6.07) is 9.07. The number of alkyl halides is 3. The minimum absolute atomic E-state index is 0.0119. The highest BCUT2D eigenvalue weighted by molar-refractivity contribution is 6.68. The molecule has 1 N–H and O–H groups in total. The number of nitrogens with one attached hydrogen (secondary N) is 1. The van der Waals surface area contributed by atoms with E-state index in [1.54, 1.807) is 18.7 Å². The maximum atomic E-state index is 13.8. The summed E-state index contributed by atoms with van der Waals surface area (Å²) >= 11 is 18.2. The molecule has 1 amide bonds. The zero-order valence-corrected chi connectivity index (χ0v) is 23.1. The maximum Gasteiger partial charge on any atom is 0.411 e. The monoisotopic (exact) mass is 590 g/mol. The van der Waals surface area contributed by atoms with E-state index in [1.807, 2.05) is 30.3 Å². The summed E-state index contributed by atoms with van der Waals surface area (Å²) in [7, 11) is 0. The maximum absolute atomic E-state index is 13.8. The van der Waals surface area contributed by atoms with Gasteiger partial charge in [0.15, 0.2) is 23.0 Å². The largest absolute Gasteiger partial charge is 0.488 e. The standard InChI is InChI=1S/C27H28Cl3F3N2O3/c1-25(2,27(28,29)30)38-24(36)35-19-6-3-13-26(35,16-34-15-19)18-9-7-17(8-10-18)5-4-14-37-23-21(32)12-11-20(31)22(23)33/h3,6-12,19,34H,4-5,13-16H2,1-2H3. The first-order chi connectivity index (χ1) is 17.9. The number of rotatable bonds is 7. The lowest BCUT2D eigenvalue weighted by Crippen LogP contribution is -2.67. The Morgan fingerprint density at radius 1 is 1.11 bits per heavy atom. The zero-order valence-electron chi connectivity index (χ0n) is 20.9. The molecule has 0 aliphatic carbocycles. The van der Waals surface area contributed by atoms with E-state index in [4.69, 9.17) is 44.3 Å². The van der Waals surface area contributed by atoms with Gasteiger partial charge in [-0.1, -0.05) is 71.2 Å². The van der Waals surface area contributed by atoms with Crippen molar-refractivity contribution in [3.8, 4) is 5.75 Å². The molecule has 2 atom stereocenters. The van der Waals surface area contributed by atoms with Crippen molar-refractivity contribution in [2.75, 3.05) is 19.7 Å². The van der Waals surface area contributed by atoms with Gasteiger partial charge in [0.2, 0.25) is 9.61 Å². The van der Waals surface area contributed by atoms with Gasteiger partial charge in [-0.25, -0.2) is 13.6 Å². The number of benzene rings is 2. The Balaban J connectivity index is 1.46. The lowest BCUT2D eigenvalue weighted by atomic mass is 9.78. The highest BCUT2D eigenvalue weighted by Crippen LogP contribution is 2.44. The number of hydrogen-bond donors (Lipinski definition) is 1. The van der Waals surface area contributed by atoms with Crippen LogP contribution in [0.3, 0.4) is 0 Å². The van der Waals surface area contributed by atoms with Crippen LogP contribution in [0.25, 0.3) is 0 Å². The minimum Gasteiger partial charge on any atom is -0.488 e. The van der Waals surface area contributed by atoms with Gasteiger partial charge in [0.1, 0.15) is 0 Å². The number of carbonyl (C=O) groups is 1. The third-order valence-electron chi connectivity index (χ3n) is 6.95. The molecule has 0 spiro atoms. The van der Waals surface area contributed by atoms with Crippen LogP contribution in [-0.2, 0) is 16.7 Å². The van der Waals surface area contributed by atoms with Crippen LogP contribution in [0.4, 0.5) is 18.0 Å². The Hall–Kier alpha value is -2.13. The van der Waals surface area contributed by atoms with Crippen molar-refractivity contribution in [2.45, 2.75) is 54.1 Å². The molecule has 2 heterocycles. The second-order valence-electron chi connectivity index (χ2n) is 9.93. The predicted octanol–water partition coefficient (Wildman–Crippen LogP) is 6.83. The number of piperazine rings is 1. The third-order valence-corrected chi connectivity index (χ3v) is 8.31. The summed E-state index contributed by atoms with van der Waals surface area (Å²) in [6.07, 6.45) is 5.04. The molecule has 2 bridgehead atoms. The first-order valence-electron chi connectivity index (χ1n) is 12.2. The van der Waals surface area contributed by atoms with Gasteiger partial charge in [0, 0.05) is 13.1 Å². The molecule has 2 aliphatic rings. The van der Waals surface area contributed by atoms with Crippen LogP contribution in [0, 0.1) is 17.5 Å². The van der Waals surface area contributed by atoms with E-state index in [9.17, 15) is 18.0 Å². The Kier molecular flexibility index (Phi) is 8.48. The van der Waals surface area contributed by atoms with Gasteiger partial charge in [-0.15, -0.1) is 0 Å². The molecule has 11 heteroatoms. The van der Waals surface area contributed by atoms with E-state index in [2.05, 4.69) is 11.4 Å². The number of nitrogens with zero attached hydrogens (tertiary/aromatic N) is 1. The fourth-order valence-electron chi connectivity index (χ4n) is 4.73. The molecule has 2 aromatic carbocycles. The van der Waals surface area contributed by atoms with Gasteiger partial charge >= 0.3 is 6.09 Å². The van der Waals surface area contributed by atoms with Gasteiger partial charge in [0.25, 0.3) is 0 Å². The average molecular weight is 592 g/mol. The van der Waals surface area contributed by atoms with Gasteiger partial charge in [0.05, 0.1) is 18.2 Å². The first kappa shape index (κ1) is 28.9. The summed E-state index contributed by atoms with van der Waals surface area (Å²) in [6.45, 7) is 4.18. The minimum atomic E-state index is -1.81. The van der Waals surface area contributed by atoms with E-state index in [0.29, 0.717) is 38.4 Å². The van der Waals surface area contributed by atoms with Crippen LogP contribution < -0.4 is 10.1 Å². The summed E-state index contributed by atoms with van der Waals surface area (Å²) in [4.78, 5) is 15.2. The molecule has 206 valence electrons. The zero-order chi connectivity index (χ0) is 27.7. The third kappa shape index (κ3) is 5.74. The number of fused-ring (bicyclic) bond motifs is 2. The first-order valence-corrected chi connectivity index (χ1v) is 13.3. The van der Waals surface area contributed by atoms with E-state index >= 15 is 0 Å². The van der Waals surface area contributed by atoms with Crippen LogP contribution in [-0.4, -0.2) is 46.1 Å². The summed E-state index contributed by atoms with van der Waals surface area (Å²) in [5.41, 5.74) is -0.187. The fraction of sp³-hybridized carbons (Fsp3) is 0.444. The number of carbonyl (C=O) groups excluding carboxylic acids is 1. The van der Waals surface area contributed by atoms with Crippen molar-refractivity contribution >= 4 is 40.9 Å². The van der Waals surface area contributed by atoms with Gasteiger partial charge in [-0.3, -0.25) is 4.90 Å². The molecule has 38 heavy (non-hydrogen) atoms. The highest BCUT2D eigenvalue weighted by atomic mass is 35.6. The molecule has 5 nitrogen and oxygen atoms in total. The lowest BCUT2D eigenvalue weighted by molar-refractivity contribution is -0.0328. The normalized spacial score (nSPS) is 21.4. The summed E-state index contributed by atoms with van der Waals surface area (Å²) in [5, 5.41) is 3.41. The number of halogens is 6. The lowest BCUT2D eigenvalue weighted by Gasteiger charge is -2.53. The summed E-state index contributed by atoms with van der Waals surface area (Å²) < 4.78 is 49.9. The van der Waals surface area contributed by atoms with Crippen molar-refractivity contribution in [2.24, 2.45) is 0 Å². The SMILES string of the molecule is CC(C)(OC(=O)N1C2C=CCC1(c1ccc(CCCOc3c(F)ccc(F)c3F)cc1)CNC2)C(Cl)(Cl)Cl.